The average molecular weight is 506 g/mol. The number of hydrogen-bond acceptors (Lipinski definition) is 6. The number of benzene rings is 1. The molecule has 3 aromatic rings. The summed E-state index contributed by atoms with van der Waals surface area (Å²) in [6.07, 6.45) is -8.06. The fraction of sp³-hybridized carbons (Fsp3) is 0.333. The third-order valence-electron chi connectivity index (χ3n) is 4.55. The predicted molar refractivity (Wildman–Crippen MR) is 106 cm³/mol. The van der Waals surface area contributed by atoms with Crippen LogP contribution in [-0.4, -0.2) is 44.1 Å². The number of esters is 1. The molecule has 2 heterocycles. The third kappa shape index (κ3) is 5.69. The van der Waals surface area contributed by atoms with Crippen molar-refractivity contribution >= 4 is 5.97 Å². The lowest BCUT2D eigenvalue weighted by Crippen LogP contribution is -2.44. The van der Waals surface area contributed by atoms with Gasteiger partial charge >= 0.3 is 18.3 Å². The van der Waals surface area contributed by atoms with Crippen LogP contribution in [0.3, 0.4) is 0 Å². The lowest BCUT2D eigenvalue weighted by molar-refractivity contribution is -0.234. The van der Waals surface area contributed by atoms with Crippen molar-refractivity contribution in [1.29, 1.82) is 0 Å². The zero-order valence-electron chi connectivity index (χ0n) is 18.3. The molecule has 0 saturated carbocycles. The van der Waals surface area contributed by atoms with Gasteiger partial charge in [-0.1, -0.05) is 0 Å². The number of aromatic nitrogens is 4. The molecular weight excluding hydrogens is 489 g/mol. The van der Waals surface area contributed by atoms with Crippen LogP contribution in [0.1, 0.15) is 37.1 Å². The number of halogens is 7. The number of carbonyl (C=O) groups excluding carboxylic acids is 1. The predicted octanol–water partition coefficient (Wildman–Crippen LogP) is 5.38. The van der Waals surface area contributed by atoms with E-state index in [4.69, 9.17) is 9.47 Å². The third-order valence-corrected chi connectivity index (χ3v) is 4.55. The van der Waals surface area contributed by atoms with Gasteiger partial charge in [-0.2, -0.15) is 31.4 Å². The van der Waals surface area contributed by atoms with Crippen LogP contribution >= 0.6 is 0 Å². The van der Waals surface area contributed by atoms with Gasteiger partial charge < -0.3 is 9.47 Å². The van der Waals surface area contributed by atoms with Crippen LogP contribution in [0.2, 0.25) is 0 Å². The van der Waals surface area contributed by atoms with Gasteiger partial charge in [0.2, 0.25) is 5.82 Å². The minimum Gasteiger partial charge on any atom is -0.478 e. The molecule has 0 unspecified atom stereocenters. The van der Waals surface area contributed by atoms with Crippen molar-refractivity contribution in [3.63, 3.8) is 0 Å². The molecule has 1 aromatic carbocycles. The Morgan fingerprint density at radius 3 is 2.17 bits per heavy atom. The SMILES string of the molecule is CCOC(=O)c1cc(-c2cc(F)cc(OC(C)(C)C(F)(F)F)c2)n(-c2cnc(C(F)(F)F)nc2)n1. The summed E-state index contributed by atoms with van der Waals surface area (Å²) in [5.74, 6) is -3.80. The maximum atomic E-state index is 14.4. The van der Waals surface area contributed by atoms with E-state index >= 15 is 0 Å². The Kier molecular flexibility index (Phi) is 6.77. The molecule has 0 aliphatic carbocycles. The Bertz CT molecular complexity index is 1220. The quantitative estimate of drug-likeness (QED) is 0.330. The molecule has 3 rings (SSSR count). The van der Waals surface area contributed by atoms with E-state index in [0.717, 1.165) is 55.2 Å². The maximum Gasteiger partial charge on any atom is 0.451 e. The van der Waals surface area contributed by atoms with Gasteiger partial charge in [-0.05, 0) is 39.0 Å². The van der Waals surface area contributed by atoms with Gasteiger partial charge in [-0.3, -0.25) is 0 Å². The number of ether oxygens (including phenoxy) is 2. The van der Waals surface area contributed by atoms with Crippen LogP contribution in [0, 0.1) is 5.82 Å². The molecule has 0 saturated heterocycles. The molecule has 0 aliphatic heterocycles. The first kappa shape index (κ1) is 25.9. The van der Waals surface area contributed by atoms with Crippen LogP contribution in [-0.2, 0) is 10.9 Å². The summed E-state index contributed by atoms with van der Waals surface area (Å²) in [6.45, 7) is 3.01. The standard InChI is InChI=1S/C21H17F7N4O3/c1-4-34-17(33)15-8-16(32(31-15)13-9-29-18(30-10-13)20(23,24)25)11-5-12(22)7-14(6-11)35-19(2,3)21(26,27)28/h5-10H,4H2,1-3H3. The summed E-state index contributed by atoms with van der Waals surface area (Å²) in [6, 6.07) is 3.83. The lowest BCUT2D eigenvalue weighted by atomic mass is 10.1. The van der Waals surface area contributed by atoms with Crippen LogP contribution in [0.25, 0.3) is 16.9 Å². The van der Waals surface area contributed by atoms with E-state index in [1.165, 1.54) is 6.92 Å². The Balaban J connectivity index is 2.13. The molecule has 0 aliphatic rings. The van der Waals surface area contributed by atoms with E-state index in [1.807, 2.05) is 0 Å². The van der Waals surface area contributed by atoms with Crippen molar-refractivity contribution in [2.24, 2.45) is 0 Å². The molecule has 0 radical (unpaired) electrons. The van der Waals surface area contributed by atoms with Crippen LogP contribution in [0.5, 0.6) is 5.75 Å². The lowest BCUT2D eigenvalue weighted by Gasteiger charge is -2.29. The Labute approximate surface area is 193 Å². The van der Waals surface area contributed by atoms with Gasteiger partial charge in [0.05, 0.1) is 24.7 Å². The average Bonchev–Trinajstić information content (AvgIpc) is 3.17. The summed E-state index contributed by atoms with van der Waals surface area (Å²) in [4.78, 5) is 18.6. The van der Waals surface area contributed by atoms with Gasteiger partial charge in [0.1, 0.15) is 17.3 Å². The molecule has 0 fully saturated rings. The zero-order chi connectivity index (χ0) is 26.2. The fourth-order valence-electron chi connectivity index (χ4n) is 2.79. The van der Waals surface area contributed by atoms with Gasteiger partial charge in [0.25, 0.3) is 0 Å². The highest BCUT2D eigenvalue weighted by atomic mass is 19.4. The second-order valence-electron chi connectivity index (χ2n) is 7.60. The van der Waals surface area contributed by atoms with Crippen LogP contribution in [0.15, 0.2) is 36.7 Å². The van der Waals surface area contributed by atoms with Crippen LogP contribution < -0.4 is 4.74 Å². The topological polar surface area (TPSA) is 79.1 Å². The Morgan fingerprint density at radius 2 is 1.63 bits per heavy atom. The van der Waals surface area contributed by atoms with Crippen molar-refractivity contribution in [3.8, 4) is 22.7 Å². The minimum absolute atomic E-state index is 0.0190. The molecule has 0 bridgehead atoms. The molecular formula is C21H17F7N4O3. The molecule has 0 atom stereocenters. The summed E-state index contributed by atoms with van der Waals surface area (Å²) < 4.78 is 103. The summed E-state index contributed by atoms with van der Waals surface area (Å²) in [5.41, 5.74) is -3.29. The first-order valence-electron chi connectivity index (χ1n) is 9.86. The number of nitrogens with zero attached hydrogens (tertiary/aromatic N) is 4. The Hall–Kier alpha value is -3.71. The number of rotatable bonds is 6. The van der Waals surface area contributed by atoms with Gasteiger partial charge in [0, 0.05) is 11.6 Å². The van der Waals surface area contributed by atoms with Crippen molar-refractivity contribution in [2.45, 2.75) is 38.7 Å². The Morgan fingerprint density at radius 1 is 1.00 bits per heavy atom. The highest BCUT2D eigenvalue weighted by Crippen LogP contribution is 2.36. The van der Waals surface area contributed by atoms with E-state index in [-0.39, 0.29) is 29.2 Å². The molecule has 0 spiro atoms. The van der Waals surface area contributed by atoms with Crippen LogP contribution in [0.4, 0.5) is 30.7 Å². The molecule has 2 aromatic heterocycles. The number of alkyl halides is 6. The van der Waals surface area contributed by atoms with Crippen molar-refractivity contribution in [2.75, 3.05) is 6.61 Å². The van der Waals surface area contributed by atoms with Gasteiger partial charge in [-0.15, -0.1) is 0 Å². The smallest absolute Gasteiger partial charge is 0.451 e. The van der Waals surface area contributed by atoms with Crippen molar-refractivity contribution in [3.05, 3.63) is 54.0 Å². The zero-order valence-corrected chi connectivity index (χ0v) is 18.3. The second-order valence-corrected chi connectivity index (χ2v) is 7.60. The first-order valence-corrected chi connectivity index (χ1v) is 9.86. The summed E-state index contributed by atoms with van der Waals surface area (Å²) in [7, 11) is 0. The molecule has 0 amide bonds. The van der Waals surface area contributed by atoms with Crippen molar-refractivity contribution < 1.29 is 45.0 Å². The van der Waals surface area contributed by atoms with Gasteiger partial charge in [-0.25, -0.2) is 23.8 Å². The monoisotopic (exact) mass is 506 g/mol. The number of hydrogen-bond donors (Lipinski definition) is 0. The molecule has 14 heteroatoms. The fourth-order valence-corrected chi connectivity index (χ4v) is 2.79. The minimum atomic E-state index is -4.82. The highest BCUT2D eigenvalue weighted by molar-refractivity contribution is 5.89. The summed E-state index contributed by atoms with van der Waals surface area (Å²) >= 11 is 0. The molecule has 188 valence electrons. The van der Waals surface area contributed by atoms with E-state index in [9.17, 15) is 35.5 Å². The molecule has 35 heavy (non-hydrogen) atoms. The second kappa shape index (κ2) is 9.15. The van der Waals surface area contributed by atoms with E-state index < -0.39 is 41.3 Å². The normalized spacial score (nSPS) is 12.5. The summed E-state index contributed by atoms with van der Waals surface area (Å²) in [5, 5.41) is 3.98. The van der Waals surface area contributed by atoms with E-state index in [1.54, 1.807) is 0 Å². The van der Waals surface area contributed by atoms with E-state index in [0.29, 0.717) is 0 Å². The maximum absolute atomic E-state index is 14.4. The molecule has 0 N–H and O–H groups in total. The largest absolute Gasteiger partial charge is 0.478 e. The van der Waals surface area contributed by atoms with E-state index in [2.05, 4.69) is 15.1 Å². The molecule has 7 nitrogen and oxygen atoms in total. The first-order chi connectivity index (χ1) is 16.1. The number of carbonyl (C=O) groups is 1. The van der Waals surface area contributed by atoms with Crippen molar-refractivity contribution in [1.82, 2.24) is 19.7 Å². The van der Waals surface area contributed by atoms with Gasteiger partial charge in [0.15, 0.2) is 11.3 Å². The highest BCUT2D eigenvalue weighted by Gasteiger charge is 2.50.